The molecule has 5 heavy (non-hydrogen) atoms. The van der Waals surface area contributed by atoms with Crippen LogP contribution in [-0.4, -0.2) is 61.7 Å². The van der Waals surface area contributed by atoms with E-state index in [9.17, 15) is 0 Å². The predicted molar refractivity (Wildman–Crippen MR) is 23.7 cm³/mol. The summed E-state index contributed by atoms with van der Waals surface area (Å²) in [6.45, 7) is 0. The molecule has 0 bridgehead atoms. The van der Waals surface area contributed by atoms with Crippen LogP contribution in [0, 0.1) is 0 Å². The van der Waals surface area contributed by atoms with Crippen LogP contribution in [-0.2, 0) is 0 Å². The second-order valence-corrected chi connectivity index (χ2v) is 2.26. The van der Waals surface area contributed by atoms with Crippen LogP contribution in [0.25, 0.3) is 0 Å². The molecule has 0 aliphatic heterocycles. The maximum absolute atomic E-state index is 9.07. The minimum atomic E-state index is -0.667. The van der Waals surface area contributed by atoms with Crippen molar-refractivity contribution in [3.05, 3.63) is 0 Å². The van der Waals surface area contributed by atoms with Gasteiger partial charge in [-0.15, -0.1) is 0 Å². The van der Waals surface area contributed by atoms with Crippen LogP contribution < -0.4 is 0 Å². The Bertz CT molecular complexity index is 30.6. The standard InChI is InChI=1S/CHO2.2Pb.3H/c2-1-3;;;;;/h(H,2,3);;;;;. The number of hydrogen-bond acceptors (Lipinski definition) is 1. The molecule has 0 heterocycles. The summed E-state index contributed by atoms with van der Waals surface area (Å²) in [6, 6.07) is 0. The average Bonchev–Trinajstić information content (AvgIpc) is 0.811. The molecule has 0 spiro atoms. The normalized spacial score (nSPS) is 5.00. The molecule has 0 fully saturated rings. The molecule has 0 amide bonds. The average molecular weight is 462 g/mol. The summed E-state index contributed by atoms with van der Waals surface area (Å²) in [5.41, 5.74) is 0. The molecule has 0 atom stereocenters. The molecule has 0 aliphatic rings. The van der Waals surface area contributed by atoms with Gasteiger partial charge in [-0.05, 0) is 0 Å². The first-order chi connectivity index (χ1) is 1.73. The van der Waals surface area contributed by atoms with Gasteiger partial charge in [-0.2, -0.15) is 0 Å². The van der Waals surface area contributed by atoms with E-state index in [0.717, 1.165) is 0 Å². The van der Waals surface area contributed by atoms with Crippen LogP contribution in [0.3, 0.4) is 0 Å². The molecule has 0 rings (SSSR count). The van der Waals surface area contributed by atoms with Gasteiger partial charge in [0.25, 0.3) is 0 Å². The first-order valence-electron chi connectivity index (χ1n) is 0.716. The number of carboxylic acid groups (broad SMARTS) is 1. The van der Waals surface area contributed by atoms with Gasteiger partial charge in [0.15, 0.2) is 0 Å². The van der Waals surface area contributed by atoms with Gasteiger partial charge in [0.2, 0.25) is 0 Å². The Balaban J connectivity index is 0. The molecule has 0 saturated heterocycles. The molecule has 1 N–H and O–H groups in total. The van der Waals surface area contributed by atoms with E-state index < -0.39 is 3.53 Å². The third-order valence-electron chi connectivity index (χ3n) is 0. The van der Waals surface area contributed by atoms with Gasteiger partial charge < -0.3 is 0 Å². The zero-order chi connectivity index (χ0) is 3.58. The van der Waals surface area contributed by atoms with Crippen molar-refractivity contribution in [2.75, 3.05) is 0 Å². The van der Waals surface area contributed by atoms with Gasteiger partial charge in [-0.25, -0.2) is 0 Å². The predicted octanol–water partition coefficient (Wildman–Crippen LogP) is -1.35. The van der Waals surface area contributed by atoms with Crippen molar-refractivity contribution in [3.63, 3.8) is 0 Å². The van der Waals surface area contributed by atoms with Crippen LogP contribution in [0.1, 0.15) is 0 Å². The molecule has 0 saturated carbocycles. The molecule has 2 nitrogen and oxygen atoms in total. The minimum absolute atomic E-state index is 0. The zero-order valence-electron chi connectivity index (χ0n) is 2.64. The fourth-order valence-corrected chi connectivity index (χ4v) is 0. The molecule has 0 aliphatic carbocycles. The van der Waals surface area contributed by atoms with Crippen molar-refractivity contribution in [2.24, 2.45) is 0 Å². The van der Waals surface area contributed by atoms with Crippen LogP contribution in [0.2, 0.25) is 0 Å². The Morgan fingerprint density at radius 3 is 1.80 bits per heavy atom. The van der Waals surface area contributed by atoms with E-state index in [1.807, 2.05) is 0 Å². The Morgan fingerprint density at radius 2 is 1.80 bits per heavy atom. The van der Waals surface area contributed by atoms with E-state index >= 15 is 0 Å². The van der Waals surface area contributed by atoms with Crippen molar-refractivity contribution >= 4 is 56.6 Å². The Hall–Kier alpha value is 1.31. The SMILES string of the molecule is O=[C](O)[PbH].[PbH2]. The zero-order valence-corrected chi connectivity index (χ0v) is 12.6. The Morgan fingerprint density at radius 1 is 1.80 bits per heavy atom. The summed E-state index contributed by atoms with van der Waals surface area (Å²) in [6.07, 6.45) is 0. The van der Waals surface area contributed by atoms with E-state index in [1.165, 1.54) is 0 Å². The van der Waals surface area contributed by atoms with Crippen molar-refractivity contribution in [3.8, 4) is 0 Å². The summed E-state index contributed by atoms with van der Waals surface area (Å²) >= 11 is 0.102. The quantitative estimate of drug-likeness (QED) is 0.453. The molecule has 4 heteroatoms. The van der Waals surface area contributed by atoms with Gasteiger partial charge in [-0.1, -0.05) is 0 Å². The maximum atomic E-state index is 9.07. The van der Waals surface area contributed by atoms with E-state index in [-0.39, 0.29) is 53.1 Å². The molecular formula is CH4O2Pb2. The van der Waals surface area contributed by atoms with E-state index in [4.69, 9.17) is 9.90 Å². The fraction of sp³-hybridized carbons (Fsp3) is 0. The summed E-state index contributed by atoms with van der Waals surface area (Å²) in [4.78, 5) is 9.07. The van der Waals surface area contributed by atoms with Crippen molar-refractivity contribution < 1.29 is 9.90 Å². The molecular weight excluding hydrogens is 458 g/mol. The summed E-state index contributed by atoms with van der Waals surface area (Å²) in [7, 11) is 0. The monoisotopic (exact) mass is 464 g/mol. The number of rotatable bonds is 0. The van der Waals surface area contributed by atoms with Gasteiger partial charge in [0, 0.05) is 0 Å². The Kier molecular flexibility index (Phi) is 10.2. The molecule has 28 valence electrons. The van der Waals surface area contributed by atoms with Crippen LogP contribution in [0.15, 0.2) is 0 Å². The molecule has 4 radical (unpaired) electrons. The van der Waals surface area contributed by atoms with E-state index in [0.29, 0.717) is 0 Å². The van der Waals surface area contributed by atoms with Crippen molar-refractivity contribution in [2.45, 2.75) is 0 Å². The first kappa shape index (κ1) is 9.58. The van der Waals surface area contributed by atoms with Crippen LogP contribution >= 0.6 is 0 Å². The molecule has 0 aromatic carbocycles. The van der Waals surface area contributed by atoms with Crippen molar-refractivity contribution in [1.29, 1.82) is 0 Å². The number of carbonyl (C=O) groups is 1. The van der Waals surface area contributed by atoms with E-state index in [1.54, 1.807) is 0 Å². The van der Waals surface area contributed by atoms with Crippen LogP contribution in [0.4, 0.5) is 4.79 Å². The van der Waals surface area contributed by atoms with Crippen LogP contribution in [0.5, 0.6) is 0 Å². The van der Waals surface area contributed by atoms with Gasteiger partial charge >= 0.3 is 66.5 Å². The summed E-state index contributed by atoms with van der Waals surface area (Å²) in [5.74, 6) is 0. The second kappa shape index (κ2) is 5.31. The van der Waals surface area contributed by atoms with Gasteiger partial charge in [0.05, 0.1) is 0 Å². The first-order valence-corrected chi connectivity index (χ1v) is 2.96. The van der Waals surface area contributed by atoms with Gasteiger partial charge in [-0.3, -0.25) is 0 Å². The third-order valence-corrected chi connectivity index (χ3v) is 0. The molecule has 0 aromatic heterocycles. The van der Waals surface area contributed by atoms with Crippen molar-refractivity contribution in [1.82, 2.24) is 0 Å². The topological polar surface area (TPSA) is 37.3 Å². The number of hydrogen-bond donors (Lipinski definition) is 1. The third kappa shape index (κ3) is 33.8. The van der Waals surface area contributed by atoms with E-state index in [2.05, 4.69) is 0 Å². The fourth-order valence-electron chi connectivity index (χ4n) is 0. The van der Waals surface area contributed by atoms with Gasteiger partial charge in [0.1, 0.15) is 0 Å². The molecule has 0 aromatic rings. The Labute approximate surface area is 65.8 Å². The summed E-state index contributed by atoms with van der Waals surface area (Å²) in [5, 5.41) is 7.49. The summed E-state index contributed by atoms with van der Waals surface area (Å²) < 4.78 is -0.667. The molecule has 0 unspecified atom stereocenters. The second-order valence-electron chi connectivity index (χ2n) is 0.338.